The number of halogens is 1. The van der Waals surface area contributed by atoms with Crippen molar-refractivity contribution in [2.45, 2.75) is 6.04 Å². The molecule has 1 aromatic rings. The summed E-state index contributed by atoms with van der Waals surface area (Å²) >= 11 is 5.49. The minimum absolute atomic E-state index is 0.000384. The molecule has 0 bridgehead atoms. The molecule has 0 aliphatic heterocycles. The number of carbonyl (C=O) groups is 2. The molecule has 1 rings (SSSR count). The Labute approximate surface area is 129 Å². The SMILES string of the molecule is C#CCN(C)C(=O)OCC(NC(=O)CCl)c1ccccc1. The molecule has 112 valence electrons. The number of ether oxygens (including phenoxy) is 1. The van der Waals surface area contributed by atoms with Crippen LogP contribution < -0.4 is 5.32 Å². The summed E-state index contributed by atoms with van der Waals surface area (Å²) in [4.78, 5) is 24.4. The summed E-state index contributed by atoms with van der Waals surface area (Å²) in [6, 6.07) is 8.73. The molecule has 0 spiro atoms. The van der Waals surface area contributed by atoms with Gasteiger partial charge >= 0.3 is 6.09 Å². The maximum absolute atomic E-state index is 11.7. The number of carbonyl (C=O) groups excluding carboxylic acids is 2. The van der Waals surface area contributed by atoms with E-state index in [1.54, 1.807) is 0 Å². The third-order valence-electron chi connectivity index (χ3n) is 2.67. The molecule has 0 aliphatic rings. The number of terminal acetylenes is 1. The van der Waals surface area contributed by atoms with Crippen LogP contribution in [0.15, 0.2) is 30.3 Å². The molecule has 1 N–H and O–H groups in total. The van der Waals surface area contributed by atoms with E-state index in [1.807, 2.05) is 30.3 Å². The van der Waals surface area contributed by atoms with Crippen LogP contribution in [0.2, 0.25) is 0 Å². The van der Waals surface area contributed by atoms with Crippen molar-refractivity contribution in [2.75, 3.05) is 26.1 Å². The van der Waals surface area contributed by atoms with Crippen LogP contribution in [0.4, 0.5) is 4.79 Å². The highest BCUT2D eigenvalue weighted by Crippen LogP contribution is 2.13. The van der Waals surface area contributed by atoms with Crippen LogP contribution >= 0.6 is 11.6 Å². The first-order valence-electron chi connectivity index (χ1n) is 6.30. The monoisotopic (exact) mass is 308 g/mol. The zero-order valence-electron chi connectivity index (χ0n) is 11.7. The lowest BCUT2D eigenvalue weighted by molar-refractivity contribution is -0.119. The van der Waals surface area contributed by atoms with Gasteiger partial charge in [-0.05, 0) is 5.56 Å². The van der Waals surface area contributed by atoms with Gasteiger partial charge in [0.1, 0.15) is 12.5 Å². The minimum Gasteiger partial charge on any atom is -0.447 e. The van der Waals surface area contributed by atoms with Crippen LogP contribution in [0.1, 0.15) is 11.6 Å². The standard InChI is InChI=1S/C15H17ClN2O3/c1-3-9-18(2)15(20)21-11-13(17-14(19)10-16)12-7-5-4-6-8-12/h1,4-8,13H,9-11H2,2H3,(H,17,19). The van der Waals surface area contributed by atoms with Gasteiger partial charge in [-0.1, -0.05) is 36.3 Å². The second kappa shape index (κ2) is 8.88. The Balaban J connectivity index is 2.68. The fourth-order valence-electron chi connectivity index (χ4n) is 1.61. The fourth-order valence-corrected chi connectivity index (χ4v) is 1.68. The lowest BCUT2D eigenvalue weighted by atomic mass is 10.1. The molecular weight excluding hydrogens is 292 g/mol. The molecule has 1 atom stereocenters. The number of hydrogen-bond donors (Lipinski definition) is 1. The second-order valence-corrected chi connectivity index (χ2v) is 4.57. The van der Waals surface area contributed by atoms with Crippen LogP contribution in [-0.2, 0) is 9.53 Å². The molecule has 2 amide bonds. The second-order valence-electron chi connectivity index (χ2n) is 4.30. The van der Waals surface area contributed by atoms with Gasteiger partial charge in [0, 0.05) is 7.05 Å². The molecule has 0 aliphatic carbocycles. The van der Waals surface area contributed by atoms with Crippen LogP contribution in [0.25, 0.3) is 0 Å². The van der Waals surface area contributed by atoms with Crippen LogP contribution in [0.5, 0.6) is 0 Å². The number of rotatable bonds is 6. The normalized spacial score (nSPS) is 11.1. The molecule has 0 saturated carbocycles. The first-order chi connectivity index (χ1) is 10.1. The third-order valence-corrected chi connectivity index (χ3v) is 2.91. The number of amides is 2. The van der Waals surface area contributed by atoms with Gasteiger partial charge in [-0.2, -0.15) is 0 Å². The van der Waals surface area contributed by atoms with Crippen LogP contribution in [0.3, 0.4) is 0 Å². The van der Waals surface area contributed by atoms with E-state index < -0.39 is 12.1 Å². The van der Waals surface area contributed by atoms with Gasteiger partial charge in [-0.25, -0.2) is 4.79 Å². The van der Waals surface area contributed by atoms with E-state index >= 15 is 0 Å². The Morgan fingerprint density at radius 2 is 2.10 bits per heavy atom. The lowest BCUT2D eigenvalue weighted by Crippen LogP contribution is -2.35. The zero-order valence-corrected chi connectivity index (χ0v) is 12.5. The smallest absolute Gasteiger partial charge is 0.410 e. The number of nitrogens with zero attached hydrogens (tertiary/aromatic N) is 1. The average Bonchev–Trinajstić information content (AvgIpc) is 2.51. The van der Waals surface area contributed by atoms with Crippen molar-refractivity contribution < 1.29 is 14.3 Å². The van der Waals surface area contributed by atoms with Crippen LogP contribution in [0, 0.1) is 12.3 Å². The zero-order chi connectivity index (χ0) is 15.7. The van der Waals surface area contributed by atoms with E-state index in [0.717, 1.165) is 5.56 Å². The summed E-state index contributed by atoms with van der Waals surface area (Å²) in [5.41, 5.74) is 0.823. The molecular formula is C15H17ClN2O3. The molecule has 0 heterocycles. The van der Waals surface area contributed by atoms with Gasteiger partial charge in [-0.15, -0.1) is 18.0 Å². The third kappa shape index (κ3) is 5.76. The highest BCUT2D eigenvalue weighted by molar-refractivity contribution is 6.27. The molecule has 0 radical (unpaired) electrons. The predicted octanol–water partition coefficient (Wildman–Crippen LogP) is 1.78. The summed E-state index contributed by atoms with van der Waals surface area (Å²) in [6.07, 6.45) is 4.58. The van der Waals surface area contributed by atoms with E-state index in [2.05, 4.69) is 11.2 Å². The molecule has 1 aromatic carbocycles. The highest BCUT2D eigenvalue weighted by Gasteiger charge is 2.17. The van der Waals surface area contributed by atoms with Crippen molar-refractivity contribution in [1.29, 1.82) is 0 Å². The summed E-state index contributed by atoms with van der Waals surface area (Å²) in [5.74, 6) is 1.85. The summed E-state index contributed by atoms with van der Waals surface area (Å²) in [6.45, 7) is 0.156. The number of alkyl halides is 1. The van der Waals surface area contributed by atoms with E-state index in [9.17, 15) is 9.59 Å². The average molecular weight is 309 g/mol. The molecule has 6 heteroatoms. The van der Waals surface area contributed by atoms with Crippen LogP contribution in [-0.4, -0.2) is 43.0 Å². The van der Waals surface area contributed by atoms with E-state index in [1.165, 1.54) is 11.9 Å². The molecule has 0 fully saturated rings. The van der Waals surface area contributed by atoms with E-state index in [4.69, 9.17) is 22.8 Å². The van der Waals surface area contributed by atoms with Gasteiger partial charge in [-0.3, -0.25) is 4.79 Å². The molecule has 5 nitrogen and oxygen atoms in total. The van der Waals surface area contributed by atoms with Crippen molar-refractivity contribution >= 4 is 23.6 Å². The molecule has 0 aromatic heterocycles. The van der Waals surface area contributed by atoms with Gasteiger partial charge in [0.05, 0.1) is 12.6 Å². The Kier molecular flexibility index (Phi) is 7.13. The van der Waals surface area contributed by atoms with Crippen molar-refractivity contribution in [3.8, 4) is 12.3 Å². The van der Waals surface area contributed by atoms with Gasteiger partial charge in [0.2, 0.25) is 5.91 Å². The van der Waals surface area contributed by atoms with Gasteiger partial charge in [0.25, 0.3) is 0 Å². The van der Waals surface area contributed by atoms with E-state index in [0.29, 0.717) is 0 Å². The molecule has 1 unspecified atom stereocenters. The Bertz CT molecular complexity index is 513. The summed E-state index contributed by atoms with van der Waals surface area (Å²) < 4.78 is 5.15. The Morgan fingerprint density at radius 1 is 1.43 bits per heavy atom. The minimum atomic E-state index is -0.547. The number of benzene rings is 1. The maximum atomic E-state index is 11.7. The lowest BCUT2D eigenvalue weighted by Gasteiger charge is -2.20. The number of hydrogen-bond acceptors (Lipinski definition) is 3. The Hall–Kier alpha value is -2.19. The van der Waals surface area contributed by atoms with Crippen molar-refractivity contribution in [1.82, 2.24) is 10.2 Å². The highest BCUT2D eigenvalue weighted by atomic mass is 35.5. The fraction of sp³-hybridized carbons (Fsp3) is 0.333. The van der Waals surface area contributed by atoms with E-state index in [-0.39, 0.29) is 24.9 Å². The summed E-state index contributed by atoms with van der Waals surface area (Å²) in [5, 5.41) is 2.70. The first-order valence-corrected chi connectivity index (χ1v) is 6.83. The predicted molar refractivity (Wildman–Crippen MR) is 80.9 cm³/mol. The maximum Gasteiger partial charge on any atom is 0.410 e. The van der Waals surface area contributed by atoms with Gasteiger partial charge < -0.3 is 15.0 Å². The van der Waals surface area contributed by atoms with Crippen molar-refractivity contribution in [3.63, 3.8) is 0 Å². The Morgan fingerprint density at radius 3 is 2.67 bits per heavy atom. The topological polar surface area (TPSA) is 58.6 Å². The number of nitrogens with one attached hydrogen (secondary N) is 1. The quantitative estimate of drug-likeness (QED) is 0.644. The van der Waals surface area contributed by atoms with Crippen molar-refractivity contribution in [3.05, 3.63) is 35.9 Å². The summed E-state index contributed by atoms with van der Waals surface area (Å²) in [7, 11) is 1.54. The van der Waals surface area contributed by atoms with Gasteiger partial charge in [0.15, 0.2) is 0 Å². The van der Waals surface area contributed by atoms with Crippen molar-refractivity contribution in [2.24, 2.45) is 0 Å². The molecule has 21 heavy (non-hydrogen) atoms. The first kappa shape index (κ1) is 16.9. The largest absolute Gasteiger partial charge is 0.447 e. The molecule has 0 saturated heterocycles.